The Hall–Kier alpha value is -2.93. The summed E-state index contributed by atoms with van der Waals surface area (Å²) in [6, 6.07) is 17.5. The van der Waals surface area contributed by atoms with Gasteiger partial charge in [-0.1, -0.05) is 46.9 Å². The molecule has 1 fully saturated rings. The van der Waals surface area contributed by atoms with Gasteiger partial charge in [-0.05, 0) is 48.5 Å². The van der Waals surface area contributed by atoms with Crippen molar-refractivity contribution >= 4 is 58.0 Å². The van der Waals surface area contributed by atoms with Gasteiger partial charge in [-0.3, -0.25) is 9.59 Å². The second-order valence-corrected chi connectivity index (χ2v) is 8.98. The zero-order chi connectivity index (χ0) is 24.2. The number of para-hydroxylation sites is 2. The minimum absolute atomic E-state index is 0.0221. The highest BCUT2D eigenvalue weighted by atomic mass is 35.5. The Morgan fingerprint density at radius 1 is 0.853 bits per heavy atom. The van der Waals surface area contributed by atoms with E-state index in [0.29, 0.717) is 53.8 Å². The first kappa shape index (κ1) is 24.2. The van der Waals surface area contributed by atoms with E-state index in [-0.39, 0.29) is 21.9 Å². The van der Waals surface area contributed by atoms with E-state index in [1.807, 2.05) is 29.2 Å². The van der Waals surface area contributed by atoms with Crippen molar-refractivity contribution in [3.63, 3.8) is 0 Å². The van der Waals surface area contributed by atoms with Gasteiger partial charge in [0.15, 0.2) is 5.75 Å². The van der Waals surface area contributed by atoms with Gasteiger partial charge in [0.05, 0.1) is 28.5 Å². The zero-order valence-corrected chi connectivity index (χ0v) is 20.6. The molecule has 1 N–H and O–H groups in total. The highest BCUT2D eigenvalue weighted by Crippen LogP contribution is 2.34. The lowest BCUT2D eigenvalue weighted by Gasteiger charge is -2.37. The van der Waals surface area contributed by atoms with Crippen LogP contribution in [-0.2, 0) is 0 Å². The summed E-state index contributed by atoms with van der Waals surface area (Å²) < 4.78 is 5.15. The molecule has 9 heteroatoms. The monoisotopic (exact) mass is 517 g/mol. The minimum Gasteiger partial charge on any atom is -0.494 e. The molecule has 4 rings (SSSR count). The summed E-state index contributed by atoms with van der Waals surface area (Å²) in [5.41, 5.74) is 2.47. The Balaban J connectivity index is 1.45. The maximum atomic E-state index is 12.9. The topological polar surface area (TPSA) is 61.9 Å². The molecule has 2 amide bonds. The quantitative estimate of drug-likeness (QED) is 0.459. The van der Waals surface area contributed by atoms with E-state index in [4.69, 9.17) is 39.5 Å². The molecule has 0 bridgehead atoms. The largest absolute Gasteiger partial charge is 0.494 e. The molecule has 34 heavy (non-hydrogen) atoms. The van der Waals surface area contributed by atoms with Crippen LogP contribution in [0.1, 0.15) is 20.7 Å². The molecule has 1 aliphatic rings. The van der Waals surface area contributed by atoms with Crippen molar-refractivity contribution in [2.45, 2.75) is 0 Å². The molecule has 1 aliphatic heterocycles. The molecule has 0 unspecified atom stereocenters. The third-order valence-corrected chi connectivity index (χ3v) is 6.43. The Morgan fingerprint density at radius 2 is 1.47 bits per heavy atom. The van der Waals surface area contributed by atoms with Crippen LogP contribution in [0.15, 0.2) is 60.7 Å². The van der Waals surface area contributed by atoms with Crippen LogP contribution in [0.4, 0.5) is 11.4 Å². The molecular weight excluding hydrogens is 497 g/mol. The second kappa shape index (κ2) is 10.6. The number of hydrogen-bond donors (Lipinski definition) is 1. The van der Waals surface area contributed by atoms with Crippen LogP contribution in [0.3, 0.4) is 0 Å². The van der Waals surface area contributed by atoms with Gasteiger partial charge in [-0.25, -0.2) is 0 Å². The molecule has 3 aromatic carbocycles. The van der Waals surface area contributed by atoms with Gasteiger partial charge < -0.3 is 19.9 Å². The molecule has 0 atom stereocenters. The summed E-state index contributed by atoms with van der Waals surface area (Å²) >= 11 is 18.3. The van der Waals surface area contributed by atoms with E-state index in [0.717, 1.165) is 5.69 Å². The molecule has 3 aromatic rings. The van der Waals surface area contributed by atoms with Crippen molar-refractivity contribution in [1.82, 2.24) is 4.90 Å². The fourth-order valence-electron chi connectivity index (χ4n) is 3.86. The molecule has 0 aromatic heterocycles. The molecule has 176 valence electrons. The van der Waals surface area contributed by atoms with Crippen LogP contribution >= 0.6 is 34.8 Å². The van der Waals surface area contributed by atoms with Crippen LogP contribution in [-0.4, -0.2) is 50.0 Å². The molecule has 1 heterocycles. The third-order valence-electron chi connectivity index (χ3n) is 5.62. The summed E-state index contributed by atoms with van der Waals surface area (Å²) in [6.07, 6.45) is 0. The summed E-state index contributed by atoms with van der Waals surface area (Å²) in [6.45, 7) is 2.39. The van der Waals surface area contributed by atoms with E-state index in [2.05, 4.69) is 10.2 Å². The number of nitrogens with zero attached hydrogens (tertiary/aromatic N) is 2. The first-order valence-corrected chi connectivity index (χ1v) is 11.7. The van der Waals surface area contributed by atoms with Crippen LogP contribution < -0.4 is 15.0 Å². The second-order valence-electron chi connectivity index (χ2n) is 7.73. The first-order valence-electron chi connectivity index (χ1n) is 10.6. The number of rotatable bonds is 5. The van der Waals surface area contributed by atoms with Gasteiger partial charge in [0, 0.05) is 42.3 Å². The van der Waals surface area contributed by atoms with Gasteiger partial charge in [0.2, 0.25) is 0 Å². The van der Waals surface area contributed by atoms with Gasteiger partial charge in [-0.2, -0.15) is 0 Å². The lowest BCUT2D eigenvalue weighted by atomic mass is 10.1. The van der Waals surface area contributed by atoms with E-state index in [1.54, 1.807) is 24.3 Å². The van der Waals surface area contributed by atoms with Crippen molar-refractivity contribution in [1.29, 1.82) is 0 Å². The number of piperazine rings is 1. The SMILES string of the molecule is COc1c(Cl)cc(C(=O)Nc2ccccc2N2CCN(C(=O)c3ccc(Cl)cc3)CC2)cc1Cl. The van der Waals surface area contributed by atoms with Gasteiger partial charge in [-0.15, -0.1) is 0 Å². The maximum Gasteiger partial charge on any atom is 0.255 e. The van der Waals surface area contributed by atoms with Crippen molar-refractivity contribution in [3.8, 4) is 5.75 Å². The van der Waals surface area contributed by atoms with Gasteiger partial charge in [0.1, 0.15) is 0 Å². The van der Waals surface area contributed by atoms with Crippen molar-refractivity contribution in [2.75, 3.05) is 43.5 Å². The van der Waals surface area contributed by atoms with Crippen molar-refractivity contribution in [3.05, 3.63) is 86.9 Å². The maximum absolute atomic E-state index is 12.9. The van der Waals surface area contributed by atoms with Crippen molar-refractivity contribution < 1.29 is 14.3 Å². The van der Waals surface area contributed by atoms with E-state index >= 15 is 0 Å². The molecule has 6 nitrogen and oxygen atoms in total. The molecular formula is C25H22Cl3N3O3. The zero-order valence-electron chi connectivity index (χ0n) is 18.4. The number of carbonyl (C=O) groups excluding carboxylic acids is 2. The normalized spacial score (nSPS) is 13.5. The lowest BCUT2D eigenvalue weighted by Crippen LogP contribution is -2.49. The molecule has 0 spiro atoms. The summed E-state index contributed by atoms with van der Waals surface area (Å²) in [7, 11) is 1.46. The van der Waals surface area contributed by atoms with Crippen LogP contribution in [0.25, 0.3) is 0 Å². The predicted octanol–water partition coefficient (Wildman–Crippen LogP) is 5.87. The number of ether oxygens (including phenoxy) is 1. The average molecular weight is 519 g/mol. The summed E-state index contributed by atoms with van der Waals surface area (Å²) in [5.74, 6) is -0.0343. The number of benzene rings is 3. The Kier molecular flexibility index (Phi) is 7.51. The number of methoxy groups -OCH3 is 1. The van der Waals surface area contributed by atoms with Gasteiger partial charge >= 0.3 is 0 Å². The number of amides is 2. The molecule has 0 aliphatic carbocycles. The van der Waals surface area contributed by atoms with E-state index in [9.17, 15) is 9.59 Å². The molecule has 1 saturated heterocycles. The van der Waals surface area contributed by atoms with Crippen molar-refractivity contribution in [2.24, 2.45) is 0 Å². The number of nitrogens with one attached hydrogen (secondary N) is 1. The highest BCUT2D eigenvalue weighted by molar-refractivity contribution is 6.37. The van der Waals surface area contributed by atoms with Gasteiger partial charge in [0.25, 0.3) is 11.8 Å². The number of carbonyl (C=O) groups is 2. The highest BCUT2D eigenvalue weighted by Gasteiger charge is 2.24. The van der Waals surface area contributed by atoms with Crippen LogP contribution in [0, 0.1) is 0 Å². The first-order chi connectivity index (χ1) is 16.4. The Morgan fingerprint density at radius 3 is 2.09 bits per heavy atom. The predicted molar refractivity (Wildman–Crippen MR) is 137 cm³/mol. The molecule has 0 radical (unpaired) electrons. The average Bonchev–Trinajstić information content (AvgIpc) is 2.84. The summed E-state index contributed by atoms with van der Waals surface area (Å²) in [5, 5.41) is 4.06. The van der Waals surface area contributed by atoms with E-state index in [1.165, 1.54) is 19.2 Å². The van der Waals surface area contributed by atoms with E-state index < -0.39 is 0 Å². The van der Waals surface area contributed by atoms with Crippen LogP contribution in [0.5, 0.6) is 5.75 Å². The summed E-state index contributed by atoms with van der Waals surface area (Å²) in [4.78, 5) is 29.7. The Bertz CT molecular complexity index is 1190. The smallest absolute Gasteiger partial charge is 0.255 e. The number of anilines is 2. The number of halogens is 3. The standard InChI is InChI=1S/C25H22Cl3N3O3/c1-34-23-19(27)14-17(15-20(23)28)24(32)29-21-4-2-3-5-22(21)30-10-12-31(13-11-30)25(33)16-6-8-18(26)9-7-16/h2-9,14-15H,10-13H2,1H3,(H,29,32). The Labute approximate surface area is 213 Å². The fraction of sp³-hybridized carbons (Fsp3) is 0.200. The van der Waals surface area contributed by atoms with Crippen LogP contribution in [0.2, 0.25) is 15.1 Å². The lowest BCUT2D eigenvalue weighted by molar-refractivity contribution is 0.0746. The fourth-order valence-corrected chi connectivity index (χ4v) is 4.63. The minimum atomic E-state index is -0.338. The number of hydrogen-bond acceptors (Lipinski definition) is 4. The molecule has 0 saturated carbocycles. The third kappa shape index (κ3) is 5.25.